The number of hydrogen-bond acceptors (Lipinski definition) is 5. The molecule has 42 heavy (non-hydrogen) atoms. The predicted molar refractivity (Wildman–Crippen MR) is 159 cm³/mol. The van der Waals surface area contributed by atoms with Crippen LogP contribution in [0, 0.1) is 5.82 Å². The minimum atomic E-state index is -3.79. The van der Waals surface area contributed by atoms with Crippen LogP contribution in [0.4, 0.5) is 4.39 Å². The lowest BCUT2D eigenvalue weighted by Gasteiger charge is -2.33. The average Bonchev–Trinajstić information content (AvgIpc) is 2.99. The minimum absolute atomic E-state index is 0.00758. The molecule has 218 valence electrons. The van der Waals surface area contributed by atoms with Crippen molar-refractivity contribution in [1.82, 2.24) is 19.5 Å². The van der Waals surface area contributed by atoms with E-state index in [4.69, 9.17) is 0 Å². The fourth-order valence-electron chi connectivity index (χ4n) is 4.47. The Morgan fingerprint density at radius 1 is 0.810 bits per heavy atom. The Bertz CT molecular complexity index is 1550. The van der Waals surface area contributed by atoms with Gasteiger partial charge in [-0.3, -0.25) is 14.6 Å². The lowest BCUT2D eigenvalue weighted by molar-refractivity contribution is -0.141. The third-order valence-electron chi connectivity index (χ3n) is 6.71. The Labute approximate surface area is 245 Å². The fraction of sp³-hybridized carbons (Fsp3) is 0.219. The molecule has 0 spiro atoms. The molecular formula is C32H33FN4O4S. The summed E-state index contributed by atoms with van der Waals surface area (Å²) in [4.78, 5) is 33.3. The molecule has 1 N–H and O–H groups in total. The fourth-order valence-corrected chi connectivity index (χ4v) is 5.20. The Balaban J connectivity index is 1.67. The van der Waals surface area contributed by atoms with Crippen molar-refractivity contribution in [3.8, 4) is 0 Å². The van der Waals surface area contributed by atoms with Crippen molar-refractivity contribution in [2.75, 3.05) is 12.8 Å². The first-order valence-corrected chi connectivity index (χ1v) is 15.3. The van der Waals surface area contributed by atoms with Crippen molar-refractivity contribution in [1.29, 1.82) is 0 Å². The Morgan fingerprint density at radius 2 is 1.40 bits per heavy atom. The molecule has 8 nitrogen and oxygen atoms in total. The smallest absolute Gasteiger partial charge is 0.243 e. The molecule has 0 aliphatic carbocycles. The van der Waals surface area contributed by atoms with Crippen LogP contribution in [0.25, 0.3) is 0 Å². The van der Waals surface area contributed by atoms with Crippen LogP contribution in [0.1, 0.15) is 22.3 Å². The number of nitrogens with one attached hydrogen (secondary N) is 1. The quantitative estimate of drug-likeness (QED) is 0.255. The Kier molecular flexibility index (Phi) is 10.5. The van der Waals surface area contributed by atoms with Crippen molar-refractivity contribution in [2.45, 2.75) is 32.1 Å². The second kappa shape index (κ2) is 14.5. The third-order valence-corrected chi connectivity index (χ3v) is 7.91. The molecule has 1 aromatic heterocycles. The van der Waals surface area contributed by atoms with Crippen LogP contribution in [0.2, 0.25) is 0 Å². The van der Waals surface area contributed by atoms with Crippen LogP contribution >= 0.6 is 0 Å². The van der Waals surface area contributed by atoms with Crippen molar-refractivity contribution in [3.05, 3.63) is 138 Å². The standard InChI is InChI=1S/C32H33FN4O4S/c1-42(40,41)36(22-26-11-6-3-7-12-26)24-31(38)37(23-27-14-16-29(33)17-15-27)30(19-25-9-4-2-5-10-25)32(39)35-21-28-13-8-18-34-20-28/h2-18,20,30H,19,21-24H2,1H3,(H,35,39)/t30-/m1/s1. The summed E-state index contributed by atoms with van der Waals surface area (Å²) in [7, 11) is -3.79. The summed E-state index contributed by atoms with van der Waals surface area (Å²) in [5.41, 5.74) is 2.92. The van der Waals surface area contributed by atoms with E-state index < -0.39 is 40.2 Å². The van der Waals surface area contributed by atoms with E-state index in [2.05, 4.69) is 10.3 Å². The van der Waals surface area contributed by atoms with Gasteiger partial charge in [0.25, 0.3) is 0 Å². The Hall–Kier alpha value is -4.41. The largest absolute Gasteiger partial charge is 0.350 e. The zero-order valence-corrected chi connectivity index (χ0v) is 24.1. The predicted octanol–water partition coefficient (Wildman–Crippen LogP) is 3.94. The molecule has 2 amide bonds. The van der Waals surface area contributed by atoms with Gasteiger partial charge >= 0.3 is 0 Å². The van der Waals surface area contributed by atoms with E-state index in [1.807, 2.05) is 42.5 Å². The number of sulfonamides is 1. The number of carbonyl (C=O) groups is 2. The monoisotopic (exact) mass is 588 g/mol. The molecular weight excluding hydrogens is 555 g/mol. The second-order valence-corrected chi connectivity index (χ2v) is 11.9. The summed E-state index contributed by atoms with van der Waals surface area (Å²) >= 11 is 0. The van der Waals surface area contributed by atoms with E-state index in [-0.39, 0.29) is 26.1 Å². The highest BCUT2D eigenvalue weighted by Crippen LogP contribution is 2.18. The van der Waals surface area contributed by atoms with Crippen LogP contribution in [0.3, 0.4) is 0 Å². The maximum absolute atomic E-state index is 14.0. The van der Waals surface area contributed by atoms with Gasteiger partial charge in [0.2, 0.25) is 21.8 Å². The summed E-state index contributed by atoms with van der Waals surface area (Å²) in [5, 5.41) is 2.91. The number of nitrogens with zero attached hydrogens (tertiary/aromatic N) is 3. The first-order chi connectivity index (χ1) is 20.2. The van der Waals surface area contributed by atoms with Crippen LogP contribution in [0.5, 0.6) is 0 Å². The van der Waals surface area contributed by atoms with E-state index in [1.54, 1.807) is 54.9 Å². The molecule has 0 radical (unpaired) electrons. The molecule has 4 aromatic rings. The first kappa shape index (κ1) is 30.5. The molecule has 3 aromatic carbocycles. The van der Waals surface area contributed by atoms with E-state index >= 15 is 0 Å². The molecule has 10 heteroatoms. The maximum atomic E-state index is 14.0. The van der Waals surface area contributed by atoms with Gasteiger partial charge in [0.15, 0.2) is 0 Å². The first-order valence-electron chi connectivity index (χ1n) is 13.4. The molecule has 0 fully saturated rings. The van der Waals surface area contributed by atoms with Gasteiger partial charge in [-0.25, -0.2) is 12.8 Å². The molecule has 4 rings (SSSR count). The summed E-state index contributed by atoms with van der Waals surface area (Å²) in [5.74, 6) is -1.40. The summed E-state index contributed by atoms with van der Waals surface area (Å²) in [6.07, 6.45) is 4.51. The summed E-state index contributed by atoms with van der Waals surface area (Å²) < 4.78 is 40.3. The SMILES string of the molecule is CS(=O)(=O)N(CC(=O)N(Cc1ccc(F)cc1)[C@H](Cc1ccccc1)C(=O)NCc1cccnc1)Cc1ccccc1. The van der Waals surface area contributed by atoms with Gasteiger partial charge in [-0.05, 0) is 40.5 Å². The number of halogens is 1. The summed E-state index contributed by atoms with van der Waals surface area (Å²) in [6, 6.07) is 26.5. The highest BCUT2D eigenvalue weighted by atomic mass is 32.2. The number of amides is 2. The maximum Gasteiger partial charge on any atom is 0.243 e. The van der Waals surface area contributed by atoms with Gasteiger partial charge < -0.3 is 10.2 Å². The zero-order valence-electron chi connectivity index (χ0n) is 23.3. The molecule has 0 aliphatic rings. The van der Waals surface area contributed by atoms with Crippen LogP contribution in [-0.2, 0) is 45.7 Å². The zero-order chi connectivity index (χ0) is 30.0. The lowest BCUT2D eigenvalue weighted by Crippen LogP contribution is -2.53. The van der Waals surface area contributed by atoms with Gasteiger partial charge in [-0.2, -0.15) is 4.31 Å². The van der Waals surface area contributed by atoms with E-state index in [9.17, 15) is 22.4 Å². The van der Waals surface area contributed by atoms with E-state index in [0.717, 1.165) is 27.3 Å². The summed E-state index contributed by atoms with van der Waals surface area (Å²) in [6.45, 7) is -0.317. The van der Waals surface area contributed by atoms with Crippen LogP contribution in [-0.4, -0.2) is 53.3 Å². The topological polar surface area (TPSA) is 99.7 Å². The third kappa shape index (κ3) is 9.05. The van der Waals surface area contributed by atoms with Gasteiger partial charge in [-0.15, -0.1) is 0 Å². The van der Waals surface area contributed by atoms with E-state index in [0.29, 0.717) is 5.56 Å². The number of hydrogen-bond donors (Lipinski definition) is 1. The number of rotatable bonds is 13. The van der Waals surface area contributed by atoms with Crippen molar-refractivity contribution >= 4 is 21.8 Å². The number of pyridine rings is 1. The molecule has 0 aliphatic heterocycles. The molecule has 0 saturated carbocycles. The van der Waals surface area contributed by atoms with E-state index in [1.165, 1.54) is 17.0 Å². The molecule has 0 saturated heterocycles. The van der Waals surface area contributed by atoms with Crippen LogP contribution in [0.15, 0.2) is 109 Å². The normalized spacial score (nSPS) is 12.1. The Morgan fingerprint density at radius 3 is 2.00 bits per heavy atom. The number of benzene rings is 3. The highest BCUT2D eigenvalue weighted by Gasteiger charge is 2.33. The number of carbonyl (C=O) groups excluding carboxylic acids is 2. The molecule has 0 unspecified atom stereocenters. The van der Waals surface area contributed by atoms with Crippen molar-refractivity contribution < 1.29 is 22.4 Å². The molecule has 1 atom stereocenters. The molecule has 0 bridgehead atoms. The van der Waals surface area contributed by atoms with Gasteiger partial charge in [0, 0.05) is 38.4 Å². The highest BCUT2D eigenvalue weighted by molar-refractivity contribution is 7.88. The van der Waals surface area contributed by atoms with Crippen molar-refractivity contribution in [2.24, 2.45) is 0 Å². The van der Waals surface area contributed by atoms with Gasteiger partial charge in [0.1, 0.15) is 11.9 Å². The van der Waals surface area contributed by atoms with Crippen molar-refractivity contribution in [3.63, 3.8) is 0 Å². The van der Waals surface area contributed by atoms with Gasteiger partial charge in [0.05, 0.1) is 12.8 Å². The molecule has 1 heterocycles. The number of aromatic nitrogens is 1. The minimum Gasteiger partial charge on any atom is -0.350 e. The lowest BCUT2D eigenvalue weighted by atomic mass is 10.0. The second-order valence-electron chi connectivity index (χ2n) is 9.95. The average molecular weight is 589 g/mol. The van der Waals surface area contributed by atoms with Gasteiger partial charge in [-0.1, -0.05) is 78.9 Å². The van der Waals surface area contributed by atoms with Crippen LogP contribution < -0.4 is 5.32 Å².